The fourth-order valence-corrected chi connectivity index (χ4v) is 1.37. The highest BCUT2D eigenvalue weighted by Gasteiger charge is 2.19. The zero-order valence-corrected chi connectivity index (χ0v) is 11.7. The van der Waals surface area contributed by atoms with Crippen molar-refractivity contribution in [3.63, 3.8) is 0 Å². The van der Waals surface area contributed by atoms with Crippen molar-refractivity contribution < 1.29 is 14.8 Å². The number of nitro groups is 1. The van der Waals surface area contributed by atoms with Crippen LogP contribution < -0.4 is 15.5 Å². The monoisotopic (exact) mass is 298 g/mol. The number of nitrogens with zero attached hydrogens (tertiary/aromatic N) is 2. The van der Waals surface area contributed by atoms with Crippen molar-refractivity contribution in [1.82, 2.24) is 10.7 Å². The molecule has 9 heteroatoms. The molecule has 0 fully saturated rings. The highest BCUT2D eigenvalue weighted by Crippen LogP contribution is 2.36. The SMILES string of the molecule is CCOc1cc(C=NNC(=S)NC)cc([N+](=O)[O-])c1O. The molecule has 0 aliphatic heterocycles. The molecule has 1 aromatic rings. The third-order valence-electron chi connectivity index (χ3n) is 2.18. The lowest BCUT2D eigenvalue weighted by atomic mass is 10.2. The highest BCUT2D eigenvalue weighted by molar-refractivity contribution is 7.80. The molecule has 0 heterocycles. The van der Waals surface area contributed by atoms with Gasteiger partial charge in [0.05, 0.1) is 17.7 Å². The van der Waals surface area contributed by atoms with Gasteiger partial charge in [-0.3, -0.25) is 15.5 Å². The lowest BCUT2D eigenvalue weighted by molar-refractivity contribution is -0.386. The first-order valence-corrected chi connectivity index (χ1v) is 6.05. The van der Waals surface area contributed by atoms with E-state index in [4.69, 9.17) is 17.0 Å². The Bertz CT molecular complexity index is 547. The van der Waals surface area contributed by atoms with Crippen LogP contribution in [0, 0.1) is 10.1 Å². The second kappa shape index (κ2) is 7.24. The minimum Gasteiger partial charge on any atom is -0.500 e. The molecule has 0 spiro atoms. The van der Waals surface area contributed by atoms with Gasteiger partial charge in [0.1, 0.15) is 0 Å². The molecule has 0 atom stereocenters. The van der Waals surface area contributed by atoms with Crippen molar-refractivity contribution in [2.45, 2.75) is 6.92 Å². The minimum atomic E-state index is -0.694. The first-order valence-electron chi connectivity index (χ1n) is 5.64. The number of ether oxygens (including phenoxy) is 1. The van der Waals surface area contributed by atoms with Gasteiger partial charge in [-0.25, -0.2) is 0 Å². The molecule has 0 bridgehead atoms. The molecule has 1 rings (SSSR count). The van der Waals surface area contributed by atoms with Gasteiger partial charge in [0.2, 0.25) is 5.75 Å². The van der Waals surface area contributed by atoms with Gasteiger partial charge in [0.25, 0.3) is 0 Å². The molecule has 8 nitrogen and oxygen atoms in total. The number of hydrogen-bond acceptors (Lipinski definition) is 6. The van der Waals surface area contributed by atoms with Crippen molar-refractivity contribution >= 4 is 29.2 Å². The van der Waals surface area contributed by atoms with Crippen LogP contribution in [0.1, 0.15) is 12.5 Å². The Morgan fingerprint density at radius 1 is 1.65 bits per heavy atom. The van der Waals surface area contributed by atoms with Crippen molar-refractivity contribution in [3.8, 4) is 11.5 Å². The maximum atomic E-state index is 10.9. The Hall–Kier alpha value is -2.42. The van der Waals surface area contributed by atoms with E-state index in [1.807, 2.05) is 0 Å². The molecule has 0 radical (unpaired) electrons. The van der Waals surface area contributed by atoms with E-state index < -0.39 is 16.4 Å². The normalized spacial score (nSPS) is 10.3. The van der Waals surface area contributed by atoms with E-state index in [1.54, 1.807) is 14.0 Å². The summed E-state index contributed by atoms with van der Waals surface area (Å²) < 4.78 is 5.14. The van der Waals surface area contributed by atoms with Crippen molar-refractivity contribution in [3.05, 3.63) is 27.8 Å². The summed E-state index contributed by atoms with van der Waals surface area (Å²) in [4.78, 5) is 10.2. The quantitative estimate of drug-likeness (QED) is 0.323. The Kier molecular flexibility index (Phi) is 5.66. The fourth-order valence-electron chi connectivity index (χ4n) is 1.31. The summed E-state index contributed by atoms with van der Waals surface area (Å²) in [5.41, 5.74) is 2.45. The molecule has 0 aliphatic carbocycles. The van der Waals surface area contributed by atoms with E-state index in [-0.39, 0.29) is 12.4 Å². The molecule has 0 saturated heterocycles. The summed E-state index contributed by atoms with van der Waals surface area (Å²) in [6.45, 7) is 1.98. The third kappa shape index (κ3) is 4.05. The van der Waals surface area contributed by atoms with Crippen molar-refractivity contribution in [1.29, 1.82) is 0 Å². The predicted molar refractivity (Wildman–Crippen MR) is 78.3 cm³/mol. The Morgan fingerprint density at radius 2 is 2.35 bits per heavy atom. The zero-order valence-electron chi connectivity index (χ0n) is 10.9. The number of nitro benzene ring substituents is 1. The van der Waals surface area contributed by atoms with Gasteiger partial charge in [-0.05, 0) is 25.2 Å². The first-order chi connectivity index (χ1) is 9.49. The molecule has 0 aliphatic rings. The minimum absolute atomic E-state index is 0.0272. The number of hydrogen-bond donors (Lipinski definition) is 3. The van der Waals surface area contributed by atoms with Crippen LogP contribution in [-0.2, 0) is 0 Å². The summed E-state index contributed by atoms with van der Waals surface area (Å²) in [6, 6.07) is 2.63. The van der Waals surface area contributed by atoms with Crippen molar-refractivity contribution in [2.75, 3.05) is 13.7 Å². The number of aromatic hydroxyl groups is 1. The maximum absolute atomic E-state index is 10.9. The number of hydrazone groups is 1. The summed E-state index contributed by atoms with van der Waals surface area (Å²) in [7, 11) is 1.63. The fraction of sp³-hybridized carbons (Fsp3) is 0.273. The van der Waals surface area contributed by atoms with E-state index in [2.05, 4.69) is 15.8 Å². The highest BCUT2D eigenvalue weighted by atomic mass is 32.1. The summed E-state index contributed by atoms with van der Waals surface area (Å²) in [6.07, 6.45) is 1.33. The third-order valence-corrected chi connectivity index (χ3v) is 2.48. The van der Waals surface area contributed by atoms with E-state index >= 15 is 0 Å². The molecular weight excluding hydrogens is 284 g/mol. The number of thiocarbonyl (C=S) groups is 1. The van der Waals surface area contributed by atoms with E-state index in [0.717, 1.165) is 0 Å². The molecule has 0 saturated carbocycles. The van der Waals surface area contributed by atoms with Gasteiger partial charge in [0.15, 0.2) is 10.9 Å². The average Bonchev–Trinajstić information content (AvgIpc) is 2.41. The molecule has 1 aromatic carbocycles. The van der Waals surface area contributed by atoms with Crippen LogP contribution in [0.2, 0.25) is 0 Å². The molecule has 0 unspecified atom stereocenters. The van der Waals surface area contributed by atoms with Gasteiger partial charge in [-0.1, -0.05) is 0 Å². The number of nitrogens with one attached hydrogen (secondary N) is 2. The van der Waals surface area contributed by atoms with Crippen LogP contribution in [-0.4, -0.2) is 35.0 Å². The van der Waals surface area contributed by atoms with Crippen LogP contribution in [0.5, 0.6) is 11.5 Å². The summed E-state index contributed by atoms with van der Waals surface area (Å²) in [5.74, 6) is -0.480. The first kappa shape index (κ1) is 15.6. The van der Waals surface area contributed by atoms with Gasteiger partial charge >= 0.3 is 5.69 Å². The average molecular weight is 298 g/mol. The molecule has 0 aromatic heterocycles. The second-order valence-electron chi connectivity index (χ2n) is 3.53. The van der Waals surface area contributed by atoms with E-state index in [0.29, 0.717) is 10.7 Å². The van der Waals surface area contributed by atoms with E-state index in [1.165, 1.54) is 18.3 Å². The van der Waals surface area contributed by atoms with Gasteiger partial charge in [0, 0.05) is 18.7 Å². The molecule has 108 valence electrons. The largest absolute Gasteiger partial charge is 0.500 e. The van der Waals surface area contributed by atoms with Gasteiger partial charge in [-0.15, -0.1) is 0 Å². The molecule has 3 N–H and O–H groups in total. The number of rotatable bonds is 5. The van der Waals surface area contributed by atoms with Crippen LogP contribution in [0.25, 0.3) is 0 Å². The lowest BCUT2D eigenvalue weighted by Crippen LogP contribution is -2.28. The zero-order chi connectivity index (χ0) is 15.1. The number of benzene rings is 1. The summed E-state index contributed by atoms with van der Waals surface area (Å²) in [5, 5.41) is 27.3. The van der Waals surface area contributed by atoms with Gasteiger partial charge in [-0.2, -0.15) is 5.10 Å². The standard InChI is InChI=1S/C11H14N4O4S/c1-3-19-9-5-7(6-13-14-11(20)12-2)4-8(10(9)16)15(17)18/h4-6,16H,3H2,1-2H3,(H2,12,14,20). The number of phenolic OH excluding ortho intramolecular Hbond substituents is 1. The van der Waals surface area contributed by atoms with Gasteiger partial charge < -0.3 is 15.2 Å². The van der Waals surface area contributed by atoms with Crippen LogP contribution in [0.4, 0.5) is 5.69 Å². The van der Waals surface area contributed by atoms with Crippen LogP contribution in [0.3, 0.4) is 0 Å². The molecule has 20 heavy (non-hydrogen) atoms. The smallest absolute Gasteiger partial charge is 0.315 e. The molecular formula is C11H14N4O4S. The second-order valence-corrected chi connectivity index (χ2v) is 3.93. The number of phenols is 1. The van der Waals surface area contributed by atoms with Crippen LogP contribution in [0.15, 0.2) is 17.2 Å². The maximum Gasteiger partial charge on any atom is 0.315 e. The van der Waals surface area contributed by atoms with E-state index in [9.17, 15) is 15.2 Å². The topological polar surface area (TPSA) is 109 Å². The Morgan fingerprint density at radius 3 is 2.90 bits per heavy atom. The predicted octanol–water partition coefficient (Wildman–Crippen LogP) is 1.13. The van der Waals surface area contributed by atoms with Crippen LogP contribution >= 0.6 is 12.2 Å². The molecule has 0 amide bonds. The van der Waals surface area contributed by atoms with Crippen molar-refractivity contribution in [2.24, 2.45) is 5.10 Å². The Labute approximate surface area is 120 Å². The summed E-state index contributed by atoms with van der Waals surface area (Å²) >= 11 is 4.82. The lowest BCUT2D eigenvalue weighted by Gasteiger charge is -2.07. The Balaban J connectivity index is 3.07.